The monoisotopic (exact) mass is 430 g/mol. The van der Waals surface area contributed by atoms with Crippen LogP contribution >= 0.6 is 27.5 Å². The molecule has 0 radical (unpaired) electrons. The average molecular weight is 432 g/mol. The third-order valence-electron chi connectivity index (χ3n) is 5.00. The van der Waals surface area contributed by atoms with Crippen molar-refractivity contribution in [1.29, 1.82) is 0 Å². The molecule has 26 heavy (non-hydrogen) atoms. The molecule has 0 unspecified atom stereocenters. The number of aromatic hydroxyl groups is 1. The number of fused-ring (bicyclic) bond motifs is 1. The molecule has 1 aliphatic heterocycles. The number of anilines is 1. The number of piperazine rings is 1. The summed E-state index contributed by atoms with van der Waals surface area (Å²) >= 11 is 9.64. The van der Waals surface area contributed by atoms with Crippen molar-refractivity contribution in [1.82, 2.24) is 4.90 Å². The maximum atomic E-state index is 10.4. The van der Waals surface area contributed by atoms with Gasteiger partial charge in [-0.2, -0.15) is 0 Å². The van der Waals surface area contributed by atoms with Crippen LogP contribution in [-0.4, -0.2) is 36.2 Å². The van der Waals surface area contributed by atoms with Gasteiger partial charge in [0, 0.05) is 53.5 Å². The summed E-state index contributed by atoms with van der Waals surface area (Å²) in [6, 6.07) is 18.0. The standard InChI is InChI=1S/C21H20BrClN2O/c22-16-5-6-19-15(12-16)4-7-21(26)20(19)14-24-8-10-25(11-9-24)18-3-1-2-17(23)13-18/h1-7,12-13,26H,8-11,14H2. The zero-order valence-electron chi connectivity index (χ0n) is 14.3. The highest BCUT2D eigenvalue weighted by molar-refractivity contribution is 9.10. The molecule has 0 spiro atoms. The molecule has 3 aromatic rings. The molecule has 1 fully saturated rings. The van der Waals surface area contributed by atoms with Crippen molar-refractivity contribution in [2.45, 2.75) is 6.54 Å². The van der Waals surface area contributed by atoms with E-state index in [9.17, 15) is 5.11 Å². The molecule has 0 amide bonds. The molecule has 3 aromatic carbocycles. The van der Waals surface area contributed by atoms with Gasteiger partial charge >= 0.3 is 0 Å². The molecule has 1 N–H and O–H groups in total. The molecule has 0 aromatic heterocycles. The fourth-order valence-electron chi connectivity index (χ4n) is 3.58. The van der Waals surface area contributed by atoms with E-state index >= 15 is 0 Å². The zero-order chi connectivity index (χ0) is 18.1. The minimum atomic E-state index is 0.372. The second-order valence-electron chi connectivity index (χ2n) is 6.67. The Bertz CT molecular complexity index is 938. The van der Waals surface area contributed by atoms with Crippen molar-refractivity contribution in [3.63, 3.8) is 0 Å². The number of phenolic OH excluding ortho intramolecular Hbond substituents is 1. The first-order chi connectivity index (χ1) is 12.6. The summed E-state index contributed by atoms with van der Waals surface area (Å²) in [4.78, 5) is 4.76. The van der Waals surface area contributed by atoms with Crippen molar-refractivity contribution in [2.75, 3.05) is 31.1 Å². The third-order valence-corrected chi connectivity index (χ3v) is 5.72. The Morgan fingerprint density at radius 1 is 0.962 bits per heavy atom. The van der Waals surface area contributed by atoms with E-state index in [1.165, 1.54) is 5.69 Å². The Morgan fingerprint density at radius 3 is 2.54 bits per heavy atom. The van der Waals surface area contributed by atoms with Crippen LogP contribution in [0.1, 0.15) is 5.56 Å². The van der Waals surface area contributed by atoms with Crippen LogP contribution in [0, 0.1) is 0 Å². The Balaban J connectivity index is 1.50. The van der Waals surface area contributed by atoms with Crippen LogP contribution in [0.3, 0.4) is 0 Å². The number of rotatable bonds is 3. The molecule has 134 valence electrons. The first kappa shape index (κ1) is 17.7. The SMILES string of the molecule is Oc1ccc2cc(Br)ccc2c1CN1CCN(c2cccc(Cl)c2)CC1. The van der Waals surface area contributed by atoms with Crippen LogP contribution in [0.15, 0.2) is 59.1 Å². The lowest BCUT2D eigenvalue weighted by atomic mass is 10.0. The highest BCUT2D eigenvalue weighted by atomic mass is 79.9. The third kappa shape index (κ3) is 3.68. The first-order valence-corrected chi connectivity index (χ1v) is 9.90. The number of benzene rings is 3. The lowest BCUT2D eigenvalue weighted by Gasteiger charge is -2.36. The Labute approximate surface area is 166 Å². The number of halogens is 2. The summed E-state index contributed by atoms with van der Waals surface area (Å²) in [5.74, 6) is 0.372. The van der Waals surface area contributed by atoms with E-state index < -0.39 is 0 Å². The molecule has 5 heteroatoms. The fourth-order valence-corrected chi connectivity index (χ4v) is 4.14. The van der Waals surface area contributed by atoms with E-state index in [-0.39, 0.29) is 0 Å². The predicted molar refractivity (Wildman–Crippen MR) is 112 cm³/mol. The molecule has 0 saturated carbocycles. The second-order valence-corrected chi connectivity index (χ2v) is 8.02. The van der Waals surface area contributed by atoms with Gasteiger partial charge in [-0.15, -0.1) is 0 Å². The molecule has 3 nitrogen and oxygen atoms in total. The van der Waals surface area contributed by atoms with Crippen LogP contribution in [0.5, 0.6) is 5.75 Å². The van der Waals surface area contributed by atoms with Gasteiger partial charge in [0.25, 0.3) is 0 Å². The maximum Gasteiger partial charge on any atom is 0.120 e. The molecule has 0 bridgehead atoms. The number of nitrogens with zero attached hydrogens (tertiary/aromatic N) is 2. The second kappa shape index (κ2) is 7.47. The van der Waals surface area contributed by atoms with Crippen LogP contribution in [0.4, 0.5) is 5.69 Å². The lowest BCUT2D eigenvalue weighted by molar-refractivity contribution is 0.248. The number of hydrogen-bond donors (Lipinski definition) is 1. The molecule has 0 atom stereocenters. The van der Waals surface area contributed by atoms with Crippen LogP contribution in [-0.2, 0) is 6.54 Å². The normalized spacial score (nSPS) is 15.5. The Morgan fingerprint density at radius 2 is 1.77 bits per heavy atom. The van der Waals surface area contributed by atoms with E-state index in [0.717, 1.165) is 58.6 Å². The summed E-state index contributed by atoms with van der Waals surface area (Å²) in [6.07, 6.45) is 0. The average Bonchev–Trinajstić information content (AvgIpc) is 2.64. The first-order valence-electron chi connectivity index (χ1n) is 8.73. The van der Waals surface area contributed by atoms with Crippen LogP contribution in [0.2, 0.25) is 5.02 Å². The summed E-state index contributed by atoms with van der Waals surface area (Å²) < 4.78 is 1.05. The zero-order valence-corrected chi connectivity index (χ0v) is 16.7. The van der Waals surface area contributed by atoms with Gasteiger partial charge in [0.2, 0.25) is 0 Å². The van der Waals surface area contributed by atoms with E-state index in [2.05, 4.69) is 43.9 Å². The fraction of sp³-hybridized carbons (Fsp3) is 0.238. The molecule has 4 rings (SSSR count). The van der Waals surface area contributed by atoms with Gasteiger partial charge in [0.15, 0.2) is 0 Å². The largest absolute Gasteiger partial charge is 0.508 e. The Kier molecular flexibility index (Phi) is 5.07. The number of phenols is 1. The van der Waals surface area contributed by atoms with Crippen molar-refractivity contribution < 1.29 is 5.11 Å². The van der Waals surface area contributed by atoms with Gasteiger partial charge in [-0.1, -0.05) is 45.7 Å². The Hall–Kier alpha value is -1.75. The van der Waals surface area contributed by atoms with Crippen LogP contribution in [0.25, 0.3) is 10.8 Å². The summed E-state index contributed by atoms with van der Waals surface area (Å²) in [6.45, 7) is 4.58. The topological polar surface area (TPSA) is 26.7 Å². The quantitative estimate of drug-likeness (QED) is 0.611. The maximum absolute atomic E-state index is 10.4. The molecule has 1 saturated heterocycles. The minimum Gasteiger partial charge on any atom is -0.508 e. The molecule has 1 aliphatic rings. The molecule has 1 heterocycles. The smallest absolute Gasteiger partial charge is 0.120 e. The molecule has 0 aliphatic carbocycles. The van der Waals surface area contributed by atoms with Gasteiger partial charge < -0.3 is 10.0 Å². The van der Waals surface area contributed by atoms with Crippen LogP contribution < -0.4 is 4.90 Å². The van der Waals surface area contributed by atoms with Gasteiger partial charge in [-0.25, -0.2) is 0 Å². The number of hydrogen-bond acceptors (Lipinski definition) is 3. The summed E-state index contributed by atoms with van der Waals surface area (Å²) in [7, 11) is 0. The lowest BCUT2D eigenvalue weighted by Crippen LogP contribution is -2.46. The minimum absolute atomic E-state index is 0.372. The van der Waals surface area contributed by atoms with E-state index in [1.54, 1.807) is 6.07 Å². The van der Waals surface area contributed by atoms with Crippen molar-refractivity contribution in [3.05, 3.63) is 69.7 Å². The van der Waals surface area contributed by atoms with Crippen molar-refractivity contribution in [2.24, 2.45) is 0 Å². The highest BCUT2D eigenvalue weighted by Crippen LogP contribution is 2.31. The molecular weight excluding hydrogens is 412 g/mol. The van der Waals surface area contributed by atoms with Gasteiger partial charge in [0.1, 0.15) is 5.75 Å². The van der Waals surface area contributed by atoms with E-state index in [4.69, 9.17) is 11.6 Å². The predicted octanol–water partition coefficient (Wildman–Crippen LogP) is 5.28. The van der Waals surface area contributed by atoms with E-state index in [1.807, 2.05) is 30.3 Å². The van der Waals surface area contributed by atoms with Crippen molar-refractivity contribution >= 4 is 44.0 Å². The summed E-state index contributed by atoms with van der Waals surface area (Å²) in [5.41, 5.74) is 2.18. The van der Waals surface area contributed by atoms with Gasteiger partial charge in [0.05, 0.1) is 0 Å². The highest BCUT2D eigenvalue weighted by Gasteiger charge is 2.19. The molecular formula is C21H20BrClN2O. The van der Waals surface area contributed by atoms with Gasteiger partial charge in [-0.3, -0.25) is 4.90 Å². The summed E-state index contributed by atoms with van der Waals surface area (Å²) in [5, 5.41) is 13.4. The van der Waals surface area contributed by atoms with Crippen molar-refractivity contribution in [3.8, 4) is 5.75 Å². The van der Waals surface area contributed by atoms with E-state index in [0.29, 0.717) is 5.75 Å². The van der Waals surface area contributed by atoms with Gasteiger partial charge in [-0.05, 0) is 47.2 Å².